The molecular formula is C15H14ClFN4O2S2. The van der Waals surface area contributed by atoms with E-state index in [0.29, 0.717) is 14.5 Å². The van der Waals surface area contributed by atoms with Crippen LogP contribution in [0.5, 0.6) is 0 Å². The van der Waals surface area contributed by atoms with E-state index < -0.39 is 5.82 Å². The minimum absolute atomic E-state index is 0.0348. The normalized spacial score (nSPS) is 13.6. The summed E-state index contributed by atoms with van der Waals surface area (Å²) >= 11 is 8.23. The first kappa shape index (κ1) is 18.1. The second kappa shape index (κ2) is 7.67. The Balaban J connectivity index is 1.57. The van der Waals surface area contributed by atoms with Gasteiger partial charge in [0.2, 0.25) is 16.9 Å². The summed E-state index contributed by atoms with van der Waals surface area (Å²) in [6.07, 6.45) is 1.94. The molecule has 0 saturated heterocycles. The molecule has 1 heterocycles. The van der Waals surface area contributed by atoms with Crippen LogP contribution in [0.1, 0.15) is 19.8 Å². The topological polar surface area (TPSA) is 75.2 Å². The molecule has 1 N–H and O–H groups in total. The van der Waals surface area contributed by atoms with Crippen molar-refractivity contribution in [1.82, 2.24) is 10.2 Å². The van der Waals surface area contributed by atoms with Crippen LogP contribution in [0, 0.1) is 5.82 Å². The van der Waals surface area contributed by atoms with Crippen molar-refractivity contribution in [3.05, 3.63) is 29.0 Å². The number of benzene rings is 1. The average molecular weight is 401 g/mol. The maximum atomic E-state index is 13.6. The van der Waals surface area contributed by atoms with Gasteiger partial charge in [0.15, 0.2) is 4.34 Å². The van der Waals surface area contributed by atoms with Crippen molar-refractivity contribution >= 4 is 57.3 Å². The number of aromatic nitrogens is 2. The highest BCUT2D eigenvalue weighted by Gasteiger charge is 2.34. The van der Waals surface area contributed by atoms with Crippen LogP contribution < -0.4 is 10.2 Å². The number of nitrogens with zero attached hydrogens (tertiary/aromatic N) is 3. The number of amides is 2. The molecule has 0 radical (unpaired) electrons. The summed E-state index contributed by atoms with van der Waals surface area (Å²) in [7, 11) is 0. The second-order valence-corrected chi connectivity index (χ2v) is 8.05. The van der Waals surface area contributed by atoms with Gasteiger partial charge < -0.3 is 5.32 Å². The van der Waals surface area contributed by atoms with E-state index in [2.05, 4.69) is 15.5 Å². The minimum atomic E-state index is -0.553. The quantitative estimate of drug-likeness (QED) is 0.592. The lowest BCUT2D eigenvalue weighted by Gasteiger charge is -2.15. The molecular weight excluding hydrogens is 387 g/mol. The third kappa shape index (κ3) is 4.68. The molecule has 0 bridgehead atoms. The van der Waals surface area contributed by atoms with E-state index in [1.54, 1.807) is 4.90 Å². The fourth-order valence-corrected chi connectivity index (χ4v) is 4.07. The molecule has 2 amide bonds. The number of halogens is 2. The molecule has 1 aliphatic rings. The number of nitrogens with one attached hydrogen (secondary N) is 1. The highest BCUT2D eigenvalue weighted by molar-refractivity contribution is 8.01. The predicted octanol–water partition coefficient (Wildman–Crippen LogP) is 3.58. The van der Waals surface area contributed by atoms with E-state index in [9.17, 15) is 14.0 Å². The van der Waals surface area contributed by atoms with E-state index in [0.717, 1.165) is 12.8 Å². The molecule has 1 aliphatic carbocycles. The van der Waals surface area contributed by atoms with Crippen LogP contribution in [0.3, 0.4) is 0 Å². The molecule has 2 aromatic rings. The molecule has 0 atom stereocenters. The lowest BCUT2D eigenvalue weighted by atomic mass is 10.3. The Morgan fingerprint density at radius 2 is 2.20 bits per heavy atom. The van der Waals surface area contributed by atoms with E-state index >= 15 is 0 Å². The molecule has 1 aromatic carbocycles. The van der Waals surface area contributed by atoms with Crippen LogP contribution in [0.2, 0.25) is 5.02 Å². The number of anilines is 2. The number of carbonyl (C=O) groups is 2. The number of carbonyl (C=O) groups excluding carboxylic acids is 2. The Morgan fingerprint density at radius 1 is 1.44 bits per heavy atom. The highest BCUT2D eigenvalue weighted by atomic mass is 35.5. The molecule has 25 heavy (non-hydrogen) atoms. The third-order valence-electron chi connectivity index (χ3n) is 3.38. The minimum Gasteiger partial charge on any atom is -0.323 e. The van der Waals surface area contributed by atoms with Gasteiger partial charge in [0.05, 0.1) is 11.4 Å². The summed E-state index contributed by atoms with van der Waals surface area (Å²) in [6.45, 7) is 1.50. The van der Waals surface area contributed by atoms with Gasteiger partial charge in [0, 0.05) is 18.0 Å². The van der Waals surface area contributed by atoms with Crippen molar-refractivity contribution in [2.75, 3.05) is 16.0 Å². The van der Waals surface area contributed by atoms with Gasteiger partial charge in [0.25, 0.3) is 0 Å². The van der Waals surface area contributed by atoms with Gasteiger partial charge >= 0.3 is 0 Å². The maximum Gasteiger partial charge on any atom is 0.234 e. The fourth-order valence-electron chi connectivity index (χ4n) is 2.15. The van der Waals surface area contributed by atoms with Gasteiger partial charge in [-0.25, -0.2) is 4.39 Å². The highest BCUT2D eigenvalue weighted by Crippen LogP contribution is 2.35. The summed E-state index contributed by atoms with van der Waals surface area (Å²) < 4.78 is 14.2. The van der Waals surface area contributed by atoms with Gasteiger partial charge in [-0.05, 0) is 31.0 Å². The standard InChI is InChI=1S/C15H14ClFN4O2S2/c1-8(22)21(10-3-4-10)14-19-20-15(25-14)24-7-13(23)18-12-6-9(16)2-5-11(12)17/h2,5-6,10H,3-4,7H2,1H3,(H,18,23). The number of hydrogen-bond acceptors (Lipinski definition) is 6. The molecule has 0 aliphatic heterocycles. The zero-order chi connectivity index (χ0) is 18.0. The zero-order valence-electron chi connectivity index (χ0n) is 13.2. The van der Waals surface area contributed by atoms with Gasteiger partial charge in [-0.15, -0.1) is 10.2 Å². The van der Waals surface area contributed by atoms with E-state index in [1.165, 1.54) is 48.2 Å². The third-order valence-corrected chi connectivity index (χ3v) is 5.67. The summed E-state index contributed by atoms with van der Waals surface area (Å²) in [5, 5.41) is 11.4. The van der Waals surface area contributed by atoms with Crippen LogP contribution in [-0.4, -0.2) is 33.8 Å². The molecule has 0 unspecified atom stereocenters. The molecule has 3 rings (SSSR count). The van der Waals surface area contributed by atoms with Crippen molar-refractivity contribution in [3.8, 4) is 0 Å². The molecule has 10 heteroatoms. The Bertz CT molecular complexity index is 813. The largest absolute Gasteiger partial charge is 0.323 e. The zero-order valence-corrected chi connectivity index (χ0v) is 15.6. The summed E-state index contributed by atoms with van der Waals surface area (Å²) in [5.74, 6) is -0.954. The Labute approximate surface area is 156 Å². The van der Waals surface area contributed by atoms with Crippen LogP contribution in [-0.2, 0) is 9.59 Å². The van der Waals surface area contributed by atoms with Gasteiger partial charge in [0.1, 0.15) is 5.82 Å². The summed E-state index contributed by atoms with van der Waals surface area (Å²) in [5.41, 5.74) is 0.0348. The number of hydrogen-bond donors (Lipinski definition) is 1. The number of rotatable bonds is 6. The number of thioether (sulfide) groups is 1. The lowest BCUT2D eigenvalue weighted by Crippen LogP contribution is -2.30. The first-order valence-corrected chi connectivity index (χ1v) is 9.63. The van der Waals surface area contributed by atoms with Crippen molar-refractivity contribution in [1.29, 1.82) is 0 Å². The van der Waals surface area contributed by atoms with Crippen molar-refractivity contribution < 1.29 is 14.0 Å². The van der Waals surface area contributed by atoms with Crippen LogP contribution in [0.25, 0.3) is 0 Å². The summed E-state index contributed by atoms with van der Waals surface area (Å²) in [4.78, 5) is 25.3. The molecule has 1 fully saturated rings. The molecule has 0 spiro atoms. The Kier molecular flexibility index (Phi) is 5.55. The molecule has 132 valence electrons. The average Bonchev–Trinajstić information content (AvgIpc) is 3.26. The summed E-state index contributed by atoms with van der Waals surface area (Å²) in [6, 6.07) is 4.15. The van der Waals surface area contributed by atoms with Crippen molar-refractivity contribution in [2.45, 2.75) is 30.1 Å². The maximum absolute atomic E-state index is 13.6. The molecule has 6 nitrogen and oxygen atoms in total. The van der Waals surface area contributed by atoms with Crippen LogP contribution >= 0.6 is 34.7 Å². The van der Waals surface area contributed by atoms with Crippen LogP contribution in [0.4, 0.5) is 15.2 Å². The predicted molar refractivity (Wildman–Crippen MR) is 96.9 cm³/mol. The molecule has 1 saturated carbocycles. The van der Waals surface area contributed by atoms with Crippen molar-refractivity contribution in [2.24, 2.45) is 0 Å². The SMILES string of the molecule is CC(=O)N(c1nnc(SCC(=O)Nc2cc(Cl)ccc2F)s1)C1CC1. The van der Waals surface area contributed by atoms with E-state index in [4.69, 9.17) is 11.6 Å². The first-order valence-electron chi connectivity index (χ1n) is 7.45. The van der Waals surface area contributed by atoms with Gasteiger partial charge in [-0.1, -0.05) is 34.7 Å². The first-order chi connectivity index (χ1) is 11.9. The van der Waals surface area contributed by atoms with Crippen LogP contribution in [0.15, 0.2) is 22.5 Å². The lowest BCUT2D eigenvalue weighted by molar-refractivity contribution is -0.116. The van der Waals surface area contributed by atoms with Gasteiger partial charge in [-0.2, -0.15) is 0 Å². The second-order valence-electron chi connectivity index (χ2n) is 5.43. The Morgan fingerprint density at radius 3 is 2.88 bits per heavy atom. The van der Waals surface area contributed by atoms with E-state index in [1.807, 2.05) is 0 Å². The monoisotopic (exact) mass is 400 g/mol. The van der Waals surface area contributed by atoms with Gasteiger partial charge in [-0.3, -0.25) is 14.5 Å². The fraction of sp³-hybridized carbons (Fsp3) is 0.333. The smallest absolute Gasteiger partial charge is 0.234 e. The van der Waals surface area contributed by atoms with Crippen molar-refractivity contribution in [3.63, 3.8) is 0 Å². The van der Waals surface area contributed by atoms with E-state index in [-0.39, 0.29) is 29.3 Å². The Hall–Kier alpha value is -1.71. The molecule has 1 aromatic heterocycles.